The highest BCUT2D eigenvalue weighted by Gasteiger charge is 2.22. The van der Waals surface area contributed by atoms with E-state index in [0.29, 0.717) is 13.1 Å². The molecule has 0 aliphatic carbocycles. The summed E-state index contributed by atoms with van der Waals surface area (Å²) >= 11 is 0. The molecule has 1 aliphatic rings. The molecule has 7 heteroatoms. The van der Waals surface area contributed by atoms with Crippen LogP contribution in [0.4, 0.5) is 22.1 Å². The molecule has 2 aromatic rings. The van der Waals surface area contributed by atoms with Crippen molar-refractivity contribution < 1.29 is 4.79 Å². The molecule has 1 fully saturated rings. The Morgan fingerprint density at radius 2 is 1.68 bits per heavy atom. The molecular formula is C18H24N6O. The van der Waals surface area contributed by atoms with Crippen molar-refractivity contribution in [2.45, 2.75) is 6.92 Å². The Labute approximate surface area is 148 Å². The summed E-state index contributed by atoms with van der Waals surface area (Å²) in [6.45, 7) is 4.84. The van der Waals surface area contributed by atoms with E-state index in [-0.39, 0.29) is 6.03 Å². The predicted octanol–water partition coefficient (Wildman–Crippen LogP) is 2.21. The number of benzene rings is 1. The van der Waals surface area contributed by atoms with Crippen molar-refractivity contribution in [3.8, 4) is 0 Å². The lowest BCUT2D eigenvalue weighted by atomic mass is 10.2. The van der Waals surface area contributed by atoms with Gasteiger partial charge in [0.25, 0.3) is 0 Å². The molecule has 0 bridgehead atoms. The SMILES string of the molecule is Cc1ccc(NC(=O)N2CCN(c3ccc(N(C)C)nn3)CC2)cc1. The summed E-state index contributed by atoms with van der Waals surface area (Å²) in [7, 11) is 3.88. The molecule has 0 unspecified atom stereocenters. The van der Waals surface area contributed by atoms with Gasteiger partial charge in [0, 0.05) is 46.0 Å². The summed E-state index contributed by atoms with van der Waals surface area (Å²) in [5, 5.41) is 11.4. The highest BCUT2D eigenvalue weighted by molar-refractivity contribution is 5.89. The average molecular weight is 340 g/mol. The van der Waals surface area contributed by atoms with Gasteiger partial charge in [0.15, 0.2) is 11.6 Å². The van der Waals surface area contributed by atoms with E-state index in [1.54, 1.807) is 0 Å². The third-order valence-corrected chi connectivity index (χ3v) is 4.29. The molecule has 1 aromatic heterocycles. The number of urea groups is 1. The zero-order valence-corrected chi connectivity index (χ0v) is 14.9. The third-order valence-electron chi connectivity index (χ3n) is 4.29. The second-order valence-corrected chi connectivity index (χ2v) is 6.41. The number of aryl methyl sites for hydroxylation is 1. The number of nitrogens with zero attached hydrogens (tertiary/aromatic N) is 5. The molecule has 1 aromatic carbocycles. The van der Waals surface area contributed by atoms with Crippen molar-refractivity contribution in [1.29, 1.82) is 0 Å². The minimum absolute atomic E-state index is 0.0578. The number of carbonyl (C=O) groups excluding carboxylic acids is 1. The Hall–Kier alpha value is -2.83. The van der Waals surface area contributed by atoms with Gasteiger partial charge in [0.2, 0.25) is 0 Å². The summed E-state index contributed by atoms with van der Waals surface area (Å²) in [5.74, 6) is 1.68. The van der Waals surface area contributed by atoms with E-state index in [1.807, 2.05) is 67.2 Å². The first-order valence-corrected chi connectivity index (χ1v) is 8.41. The Kier molecular flexibility index (Phi) is 5.02. The largest absolute Gasteiger partial charge is 0.361 e. The summed E-state index contributed by atoms with van der Waals surface area (Å²) in [4.78, 5) is 18.3. The number of carbonyl (C=O) groups is 1. The van der Waals surface area contributed by atoms with Crippen molar-refractivity contribution in [1.82, 2.24) is 15.1 Å². The van der Waals surface area contributed by atoms with Crippen LogP contribution in [0.25, 0.3) is 0 Å². The number of hydrogen-bond donors (Lipinski definition) is 1. The number of rotatable bonds is 3. The molecule has 132 valence electrons. The molecule has 0 radical (unpaired) electrons. The van der Waals surface area contributed by atoms with Crippen LogP contribution in [0, 0.1) is 6.92 Å². The second kappa shape index (κ2) is 7.38. The molecule has 0 atom stereocenters. The van der Waals surface area contributed by atoms with E-state index in [2.05, 4.69) is 20.4 Å². The molecule has 2 amide bonds. The standard InChI is InChI=1S/C18H24N6O/c1-14-4-6-15(7-5-14)19-18(25)24-12-10-23(11-13-24)17-9-8-16(20-21-17)22(2)3/h4-9H,10-13H2,1-3H3,(H,19,25). The van der Waals surface area contributed by atoms with Gasteiger partial charge in [0.1, 0.15) is 0 Å². The molecule has 1 saturated heterocycles. The smallest absolute Gasteiger partial charge is 0.321 e. The van der Waals surface area contributed by atoms with Gasteiger partial charge < -0.3 is 20.0 Å². The van der Waals surface area contributed by atoms with Crippen molar-refractivity contribution >= 4 is 23.4 Å². The van der Waals surface area contributed by atoms with Crippen molar-refractivity contribution in [2.24, 2.45) is 0 Å². The van der Waals surface area contributed by atoms with Crippen molar-refractivity contribution in [2.75, 3.05) is 55.4 Å². The molecule has 2 heterocycles. The molecule has 1 aliphatic heterocycles. The third kappa shape index (κ3) is 4.17. The number of piperazine rings is 1. The van der Waals surface area contributed by atoms with Gasteiger partial charge >= 0.3 is 6.03 Å². The van der Waals surface area contributed by atoms with Crippen LogP contribution in [0.15, 0.2) is 36.4 Å². The number of nitrogens with one attached hydrogen (secondary N) is 1. The summed E-state index contributed by atoms with van der Waals surface area (Å²) in [5.41, 5.74) is 2.00. The minimum atomic E-state index is -0.0578. The molecule has 0 saturated carbocycles. The maximum atomic E-state index is 12.4. The van der Waals surface area contributed by atoms with Gasteiger partial charge in [-0.15, -0.1) is 10.2 Å². The average Bonchev–Trinajstić information content (AvgIpc) is 2.64. The normalized spacial score (nSPS) is 14.4. The van der Waals surface area contributed by atoms with Crippen LogP contribution in [0.3, 0.4) is 0 Å². The fourth-order valence-corrected chi connectivity index (χ4v) is 2.70. The first kappa shape index (κ1) is 17.0. The Bertz CT molecular complexity index is 705. The summed E-state index contributed by atoms with van der Waals surface area (Å²) in [6.07, 6.45) is 0. The van der Waals surface area contributed by atoms with Crippen molar-refractivity contribution in [3.63, 3.8) is 0 Å². The van der Waals surface area contributed by atoms with E-state index in [0.717, 1.165) is 30.4 Å². The van der Waals surface area contributed by atoms with Crippen LogP contribution in [-0.4, -0.2) is 61.4 Å². The topological polar surface area (TPSA) is 64.6 Å². The Morgan fingerprint density at radius 3 is 2.24 bits per heavy atom. The second-order valence-electron chi connectivity index (χ2n) is 6.41. The Balaban J connectivity index is 1.54. The first-order chi connectivity index (χ1) is 12.0. The molecule has 0 spiro atoms. The molecule has 3 rings (SSSR count). The number of hydrogen-bond acceptors (Lipinski definition) is 5. The summed E-state index contributed by atoms with van der Waals surface area (Å²) in [6, 6.07) is 11.7. The van der Waals surface area contributed by atoms with Gasteiger partial charge in [-0.1, -0.05) is 17.7 Å². The minimum Gasteiger partial charge on any atom is -0.361 e. The maximum absolute atomic E-state index is 12.4. The lowest BCUT2D eigenvalue weighted by molar-refractivity contribution is 0.208. The number of anilines is 3. The molecule has 7 nitrogen and oxygen atoms in total. The quantitative estimate of drug-likeness (QED) is 0.928. The lowest BCUT2D eigenvalue weighted by Crippen LogP contribution is -2.50. The van der Waals surface area contributed by atoms with Gasteiger partial charge in [-0.25, -0.2) is 4.79 Å². The highest BCUT2D eigenvalue weighted by atomic mass is 16.2. The van der Waals surface area contributed by atoms with Gasteiger partial charge in [-0.05, 0) is 31.2 Å². The summed E-state index contributed by atoms with van der Waals surface area (Å²) < 4.78 is 0. The predicted molar refractivity (Wildman–Crippen MR) is 100 cm³/mol. The maximum Gasteiger partial charge on any atom is 0.321 e. The van der Waals surface area contributed by atoms with Gasteiger partial charge in [-0.2, -0.15) is 0 Å². The van der Waals surface area contributed by atoms with Crippen LogP contribution in [0.2, 0.25) is 0 Å². The molecule has 25 heavy (non-hydrogen) atoms. The number of amides is 2. The van der Waals surface area contributed by atoms with E-state index in [4.69, 9.17) is 0 Å². The van der Waals surface area contributed by atoms with Crippen LogP contribution in [0.1, 0.15) is 5.56 Å². The van der Waals surface area contributed by atoms with Crippen LogP contribution >= 0.6 is 0 Å². The van der Waals surface area contributed by atoms with Crippen LogP contribution in [0.5, 0.6) is 0 Å². The molecular weight excluding hydrogens is 316 g/mol. The Morgan fingerprint density at radius 1 is 1.00 bits per heavy atom. The van der Waals surface area contributed by atoms with E-state index in [1.165, 1.54) is 5.56 Å². The van der Waals surface area contributed by atoms with Gasteiger partial charge in [0.05, 0.1) is 0 Å². The van der Waals surface area contributed by atoms with E-state index in [9.17, 15) is 4.79 Å². The lowest BCUT2D eigenvalue weighted by Gasteiger charge is -2.35. The van der Waals surface area contributed by atoms with Crippen LogP contribution in [-0.2, 0) is 0 Å². The highest BCUT2D eigenvalue weighted by Crippen LogP contribution is 2.16. The van der Waals surface area contributed by atoms with Crippen molar-refractivity contribution in [3.05, 3.63) is 42.0 Å². The monoisotopic (exact) mass is 340 g/mol. The first-order valence-electron chi connectivity index (χ1n) is 8.41. The zero-order chi connectivity index (χ0) is 17.8. The van der Waals surface area contributed by atoms with E-state index >= 15 is 0 Å². The van der Waals surface area contributed by atoms with E-state index < -0.39 is 0 Å². The zero-order valence-electron chi connectivity index (χ0n) is 14.9. The van der Waals surface area contributed by atoms with Crippen LogP contribution < -0.4 is 15.1 Å². The fraction of sp³-hybridized carbons (Fsp3) is 0.389. The van der Waals surface area contributed by atoms with Gasteiger partial charge in [-0.3, -0.25) is 0 Å². The molecule has 1 N–H and O–H groups in total. The number of aromatic nitrogens is 2. The fourth-order valence-electron chi connectivity index (χ4n) is 2.70.